The third-order valence-corrected chi connectivity index (χ3v) is 4.41. The summed E-state index contributed by atoms with van der Waals surface area (Å²) in [5.74, 6) is 0.143. The minimum atomic E-state index is -0.328. The standard InChI is InChI=1S/C15H22ClN3O3.2ClH/c1-21-13-8-12(17)11(16)7-10(13)14(20)19-9-15(22-2)3-5-18-6-4-15;;/h7-8,18H,3-6,9,17H2,1-2H3,(H,19,20);2*1H. The van der Waals surface area contributed by atoms with Crippen molar-refractivity contribution in [3.05, 3.63) is 22.7 Å². The lowest BCUT2D eigenvalue weighted by Gasteiger charge is -2.36. The van der Waals surface area contributed by atoms with Gasteiger partial charge in [0.2, 0.25) is 0 Å². The molecular formula is C15H24Cl3N3O3. The lowest BCUT2D eigenvalue weighted by atomic mass is 9.92. The van der Waals surface area contributed by atoms with E-state index in [-0.39, 0.29) is 36.3 Å². The molecule has 1 fully saturated rings. The van der Waals surface area contributed by atoms with Crippen molar-refractivity contribution in [2.75, 3.05) is 39.6 Å². The Morgan fingerprint density at radius 2 is 1.96 bits per heavy atom. The van der Waals surface area contributed by atoms with Crippen molar-refractivity contribution in [3.8, 4) is 5.75 Å². The Kier molecular flexibility index (Phi) is 9.77. The maximum absolute atomic E-state index is 12.4. The highest BCUT2D eigenvalue weighted by molar-refractivity contribution is 6.33. The number of nitrogens with one attached hydrogen (secondary N) is 2. The van der Waals surface area contributed by atoms with Crippen molar-refractivity contribution >= 4 is 48.0 Å². The Bertz CT molecular complexity index is 552. The number of anilines is 1. The van der Waals surface area contributed by atoms with E-state index in [1.165, 1.54) is 13.2 Å². The van der Waals surface area contributed by atoms with Crippen molar-refractivity contribution in [1.29, 1.82) is 0 Å². The first kappa shape index (κ1) is 23.1. The second-order valence-corrected chi connectivity index (χ2v) is 5.80. The number of carbonyl (C=O) groups excluding carboxylic acids is 1. The summed E-state index contributed by atoms with van der Waals surface area (Å²) in [5.41, 5.74) is 6.14. The fraction of sp³-hybridized carbons (Fsp3) is 0.533. The SMILES string of the molecule is COc1cc(N)c(Cl)cc1C(=O)NCC1(OC)CCNCC1.Cl.Cl. The molecule has 1 aromatic rings. The van der Waals surface area contributed by atoms with Crippen LogP contribution in [0.3, 0.4) is 0 Å². The molecule has 1 aromatic carbocycles. The molecule has 0 aliphatic carbocycles. The molecule has 6 nitrogen and oxygen atoms in total. The minimum Gasteiger partial charge on any atom is -0.496 e. The van der Waals surface area contributed by atoms with Gasteiger partial charge in [0.1, 0.15) is 5.75 Å². The van der Waals surface area contributed by atoms with Crippen molar-refractivity contribution in [1.82, 2.24) is 10.6 Å². The van der Waals surface area contributed by atoms with E-state index in [0.29, 0.717) is 28.6 Å². The summed E-state index contributed by atoms with van der Waals surface area (Å²) >= 11 is 6.00. The molecule has 1 amide bonds. The Balaban J connectivity index is 0.00000264. The molecule has 24 heavy (non-hydrogen) atoms. The summed E-state index contributed by atoms with van der Waals surface area (Å²) < 4.78 is 10.8. The highest BCUT2D eigenvalue weighted by Gasteiger charge is 2.32. The monoisotopic (exact) mass is 399 g/mol. The number of carbonyl (C=O) groups is 1. The van der Waals surface area contributed by atoms with Crippen LogP contribution in [0.1, 0.15) is 23.2 Å². The van der Waals surface area contributed by atoms with Gasteiger partial charge in [0.25, 0.3) is 5.91 Å². The van der Waals surface area contributed by atoms with E-state index in [9.17, 15) is 4.79 Å². The van der Waals surface area contributed by atoms with E-state index in [1.807, 2.05) is 0 Å². The molecule has 2 rings (SSSR count). The molecule has 1 heterocycles. The van der Waals surface area contributed by atoms with Gasteiger partial charge in [-0.15, -0.1) is 24.8 Å². The predicted molar refractivity (Wildman–Crippen MR) is 101 cm³/mol. The summed E-state index contributed by atoms with van der Waals surface area (Å²) in [6.07, 6.45) is 1.70. The molecule has 0 radical (unpaired) electrons. The van der Waals surface area contributed by atoms with Crippen LogP contribution >= 0.6 is 36.4 Å². The van der Waals surface area contributed by atoms with Gasteiger partial charge in [-0.1, -0.05) is 11.6 Å². The molecule has 138 valence electrons. The van der Waals surface area contributed by atoms with Gasteiger partial charge in [-0.3, -0.25) is 4.79 Å². The van der Waals surface area contributed by atoms with Crippen LogP contribution in [0.25, 0.3) is 0 Å². The van der Waals surface area contributed by atoms with E-state index < -0.39 is 0 Å². The van der Waals surface area contributed by atoms with Crippen LogP contribution < -0.4 is 21.1 Å². The number of piperidine rings is 1. The van der Waals surface area contributed by atoms with Crippen molar-refractivity contribution in [3.63, 3.8) is 0 Å². The number of rotatable bonds is 5. The van der Waals surface area contributed by atoms with Crippen LogP contribution in [0.2, 0.25) is 5.02 Å². The number of nitrogen functional groups attached to an aromatic ring is 1. The number of benzene rings is 1. The number of hydrogen-bond acceptors (Lipinski definition) is 5. The van der Waals surface area contributed by atoms with E-state index >= 15 is 0 Å². The van der Waals surface area contributed by atoms with Crippen LogP contribution in [0.5, 0.6) is 5.75 Å². The first-order valence-electron chi connectivity index (χ1n) is 7.18. The zero-order valence-electron chi connectivity index (χ0n) is 13.7. The van der Waals surface area contributed by atoms with Gasteiger partial charge in [0.15, 0.2) is 0 Å². The van der Waals surface area contributed by atoms with E-state index in [4.69, 9.17) is 26.8 Å². The lowest BCUT2D eigenvalue weighted by molar-refractivity contribution is -0.0313. The zero-order valence-corrected chi connectivity index (χ0v) is 16.1. The van der Waals surface area contributed by atoms with E-state index in [1.54, 1.807) is 13.2 Å². The largest absolute Gasteiger partial charge is 0.496 e. The molecule has 0 spiro atoms. The number of amides is 1. The van der Waals surface area contributed by atoms with E-state index in [0.717, 1.165) is 25.9 Å². The van der Waals surface area contributed by atoms with Gasteiger partial charge in [-0.25, -0.2) is 0 Å². The van der Waals surface area contributed by atoms with Crippen molar-refractivity contribution < 1.29 is 14.3 Å². The number of methoxy groups -OCH3 is 2. The van der Waals surface area contributed by atoms with Gasteiger partial charge < -0.3 is 25.8 Å². The number of ether oxygens (including phenoxy) is 2. The summed E-state index contributed by atoms with van der Waals surface area (Å²) in [5, 5.41) is 6.52. The maximum atomic E-state index is 12.4. The van der Waals surface area contributed by atoms with Crippen LogP contribution in [0.4, 0.5) is 5.69 Å². The fourth-order valence-electron chi connectivity index (χ4n) is 2.59. The number of hydrogen-bond donors (Lipinski definition) is 3. The van der Waals surface area contributed by atoms with Crippen LogP contribution in [0.15, 0.2) is 12.1 Å². The van der Waals surface area contributed by atoms with Gasteiger partial charge in [-0.2, -0.15) is 0 Å². The average molecular weight is 401 g/mol. The smallest absolute Gasteiger partial charge is 0.255 e. The average Bonchev–Trinajstić information content (AvgIpc) is 2.55. The van der Waals surface area contributed by atoms with Gasteiger partial charge >= 0.3 is 0 Å². The number of nitrogens with two attached hydrogens (primary N) is 1. The highest BCUT2D eigenvalue weighted by Crippen LogP contribution is 2.29. The summed E-state index contributed by atoms with van der Waals surface area (Å²) in [4.78, 5) is 12.4. The van der Waals surface area contributed by atoms with E-state index in [2.05, 4.69) is 10.6 Å². The maximum Gasteiger partial charge on any atom is 0.255 e. The van der Waals surface area contributed by atoms with Gasteiger partial charge in [0.05, 0.1) is 29.0 Å². The molecule has 0 atom stereocenters. The zero-order chi connectivity index (χ0) is 16.2. The van der Waals surface area contributed by atoms with Crippen LogP contribution in [-0.4, -0.2) is 45.4 Å². The first-order chi connectivity index (χ1) is 10.5. The molecule has 9 heteroatoms. The highest BCUT2D eigenvalue weighted by atomic mass is 35.5. The summed E-state index contributed by atoms with van der Waals surface area (Å²) in [7, 11) is 3.17. The Morgan fingerprint density at radius 3 is 2.50 bits per heavy atom. The second-order valence-electron chi connectivity index (χ2n) is 5.39. The minimum absolute atomic E-state index is 0. The second kappa shape index (κ2) is 10.2. The molecule has 1 aliphatic rings. The quantitative estimate of drug-likeness (QED) is 0.660. The van der Waals surface area contributed by atoms with Crippen molar-refractivity contribution in [2.24, 2.45) is 0 Å². The molecule has 1 saturated heterocycles. The molecule has 0 unspecified atom stereocenters. The topological polar surface area (TPSA) is 85.6 Å². The molecular weight excluding hydrogens is 377 g/mol. The molecule has 1 aliphatic heterocycles. The third kappa shape index (κ3) is 5.29. The normalized spacial score (nSPS) is 15.6. The Labute approximate surface area is 159 Å². The molecule has 0 aromatic heterocycles. The lowest BCUT2D eigenvalue weighted by Crippen LogP contribution is -2.51. The van der Waals surface area contributed by atoms with Gasteiger partial charge in [-0.05, 0) is 32.0 Å². The molecule has 4 N–H and O–H groups in total. The molecule has 0 bridgehead atoms. The van der Waals surface area contributed by atoms with Crippen molar-refractivity contribution in [2.45, 2.75) is 18.4 Å². The Morgan fingerprint density at radius 1 is 1.33 bits per heavy atom. The Hall–Kier alpha value is -0.920. The summed E-state index contributed by atoms with van der Waals surface area (Å²) in [6, 6.07) is 3.07. The fourth-order valence-corrected chi connectivity index (χ4v) is 2.75. The number of halogens is 3. The third-order valence-electron chi connectivity index (χ3n) is 4.08. The van der Waals surface area contributed by atoms with Gasteiger partial charge in [0, 0.05) is 19.7 Å². The first-order valence-corrected chi connectivity index (χ1v) is 7.56. The predicted octanol–water partition coefficient (Wildman–Crippen LogP) is 2.27. The molecule has 0 saturated carbocycles. The summed E-state index contributed by atoms with van der Waals surface area (Å²) in [6.45, 7) is 2.19. The van der Waals surface area contributed by atoms with Crippen LogP contribution in [0, 0.1) is 0 Å². The van der Waals surface area contributed by atoms with Crippen LogP contribution in [-0.2, 0) is 4.74 Å².